The predicted molar refractivity (Wildman–Crippen MR) is 87.5 cm³/mol. The molecule has 1 fully saturated rings. The van der Waals surface area contributed by atoms with E-state index in [1.165, 1.54) is 5.57 Å². The average Bonchev–Trinajstić information content (AvgIpc) is 2.94. The van der Waals surface area contributed by atoms with Crippen molar-refractivity contribution in [2.45, 2.75) is 61.3 Å². The number of ether oxygens (including phenoxy) is 1. The van der Waals surface area contributed by atoms with Crippen molar-refractivity contribution < 1.29 is 14.3 Å². The van der Waals surface area contributed by atoms with Crippen LogP contribution in [0.5, 0.6) is 0 Å². The molecular formula is C15H20Cl3NO3. The summed E-state index contributed by atoms with van der Waals surface area (Å²) in [6.45, 7) is 3.69. The molecule has 4 nitrogen and oxygen atoms in total. The molecule has 0 aromatic rings. The molecule has 1 aliphatic heterocycles. The van der Waals surface area contributed by atoms with Crippen LogP contribution in [0.2, 0.25) is 0 Å². The molecule has 7 heteroatoms. The fourth-order valence-electron chi connectivity index (χ4n) is 3.01. The first kappa shape index (κ1) is 17.9. The second-order valence-electron chi connectivity index (χ2n) is 6.37. The third-order valence-electron chi connectivity index (χ3n) is 4.26. The molecule has 1 heterocycles. The number of carbonyl (C=O) groups excluding carboxylic acids is 2. The van der Waals surface area contributed by atoms with Crippen LogP contribution in [0.25, 0.3) is 0 Å². The van der Waals surface area contributed by atoms with Crippen molar-refractivity contribution in [3.63, 3.8) is 0 Å². The standard InChI is InChI=1S/C15H20Cl3NO3/c1-14(2)12(7-6-10-4-3-5-11(20)8-10)19(14)13(21)22-9-15(16,17)18/h8,12H,3-7,9H2,1-2H3. The van der Waals surface area contributed by atoms with Gasteiger partial charge in [-0.25, -0.2) is 4.79 Å². The lowest BCUT2D eigenvalue weighted by molar-refractivity contribution is -0.115. The van der Waals surface area contributed by atoms with Crippen LogP contribution in [0.4, 0.5) is 4.79 Å². The van der Waals surface area contributed by atoms with Crippen LogP contribution in [0, 0.1) is 0 Å². The molecule has 1 aliphatic carbocycles. The van der Waals surface area contributed by atoms with Gasteiger partial charge in [0.25, 0.3) is 0 Å². The number of rotatable bonds is 4. The normalized spacial score (nSPS) is 24.0. The van der Waals surface area contributed by atoms with E-state index in [-0.39, 0.29) is 24.0 Å². The monoisotopic (exact) mass is 367 g/mol. The highest BCUT2D eigenvalue weighted by atomic mass is 35.6. The highest BCUT2D eigenvalue weighted by Crippen LogP contribution is 2.44. The highest BCUT2D eigenvalue weighted by molar-refractivity contribution is 6.67. The molecule has 1 atom stereocenters. The van der Waals surface area contributed by atoms with Gasteiger partial charge in [0.15, 0.2) is 5.78 Å². The summed E-state index contributed by atoms with van der Waals surface area (Å²) in [6.07, 6.45) is 5.47. The van der Waals surface area contributed by atoms with Gasteiger partial charge in [-0.1, -0.05) is 40.4 Å². The lowest BCUT2D eigenvalue weighted by Gasteiger charge is -2.13. The minimum Gasteiger partial charge on any atom is -0.445 e. The van der Waals surface area contributed by atoms with Crippen LogP contribution in [0.3, 0.4) is 0 Å². The number of hydrogen-bond donors (Lipinski definition) is 0. The number of halogens is 3. The van der Waals surface area contributed by atoms with E-state index in [9.17, 15) is 9.59 Å². The van der Waals surface area contributed by atoms with E-state index in [2.05, 4.69) is 0 Å². The zero-order valence-corrected chi connectivity index (χ0v) is 15.0. The maximum absolute atomic E-state index is 12.0. The summed E-state index contributed by atoms with van der Waals surface area (Å²) in [5, 5.41) is 0. The van der Waals surface area contributed by atoms with E-state index in [1.807, 2.05) is 13.8 Å². The van der Waals surface area contributed by atoms with Crippen LogP contribution >= 0.6 is 34.8 Å². The Kier molecular flexibility index (Phi) is 5.35. The molecule has 0 N–H and O–H groups in total. The Morgan fingerprint density at radius 3 is 2.68 bits per heavy atom. The minimum absolute atomic E-state index is 0.0910. The number of carbonyl (C=O) groups is 2. The molecule has 22 heavy (non-hydrogen) atoms. The van der Waals surface area contributed by atoms with Gasteiger partial charge in [-0.2, -0.15) is 0 Å². The quantitative estimate of drug-likeness (QED) is 0.545. The number of alkyl halides is 3. The first-order chi connectivity index (χ1) is 10.1. The molecule has 1 amide bonds. The second-order valence-corrected chi connectivity index (χ2v) is 8.89. The summed E-state index contributed by atoms with van der Waals surface area (Å²) in [6, 6.07) is 0.0910. The molecule has 0 radical (unpaired) electrons. The maximum atomic E-state index is 12.0. The van der Waals surface area contributed by atoms with Crippen molar-refractivity contribution in [2.24, 2.45) is 0 Å². The number of nitrogens with zero attached hydrogens (tertiary/aromatic N) is 1. The lowest BCUT2D eigenvalue weighted by Crippen LogP contribution is -2.24. The molecule has 1 saturated heterocycles. The molecule has 0 saturated carbocycles. The second kappa shape index (κ2) is 6.58. The van der Waals surface area contributed by atoms with E-state index in [0.717, 1.165) is 25.7 Å². The van der Waals surface area contributed by atoms with Gasteiger partial charge in [-0.15, -0.1) is 0 Å². The zero-order valence-electron chi connectivity index (χ0n) is 12.7. The third-order valence-corrected chi connectivity index (χ3v) is 4.59. The van der Waals surface area contributed by atoms with Crippen LogP contribution in [0.15, 0.2) is 11.6 Å². The Labute approximate surface area is 145 Å². The van der Waals surface area contributed by atoms with Gasteiger partial charge in [0.2, 0.25) is 3.79 Å². The van der Waals surface area contributed by atoms with Gasteiger partial charge in [-0.3, -0.25) is 9.69 Å². The van der Waals surface area contributed by atoms with Gasteiger partial charge in [0.1, 0.15) is 6.61 Å². The number of allylic oxidation sites excluding steroid dienone is 2. The SMILES string of the molecule is CC1(C)C(CCC2=CC(=O)CCC2)N1C(=O)OCC(Cl)(Cl)Cl. The molecular weight excluding hydrogens is 349 g/mol. The summed E-state index contributed by atoms with van der Waals surface area (Å²) in [4.78, 5) is 25.1. The van der Waals surface area contributed by atoms with Crippen molar-refractivity contribution in [3.8, 4) is 0 Å². The van der Waals surface area contributed by atoms with Gasteiger partial charge in [-0.05, 0) is 45.6 Å². The van der Waals surface area contributed by atoms with Gasteiger partial charge in [0, 0.05) is 6.42 Å². The summed E-state index contributed by atoms with van der Waals surface area (Å²) < 4.78 is 3.43. The minimum atomic E-state index is -1.60. The topological polar surface area (TPSA) is 46.4 Å². The predicted octanol–water partition coefficient (Wildman–Crippen LogP) is 4.42. The highest BCUT2D eigenvalue weighted by Gasteiger charge is 2.58. The fraction of sp³-hybridized carbons (Fsp3) is 0.733. The first-order valence-corrected chi connectivity index (χ1v) is 8.50. The van der Waals surface area contributed by atoms with E-state index in [4.69, 9.17) is 39.5 Å². The number of amides is 1. The van der Waals surface area contributed by atoms with Crippen LogP contribution in [-0.2, 0) is 9.53 Å². The molecule has 0 aromatic heterocycles. The van der Waals surface area contributed by atoms with E-state index < -0.39 is 9.89 Å². The summed E-state index contributed by atoms with van der Waals surface area (Å²) in [5.41, 5.74) is 0.915. The number of hydrogen-bond acceptors (Lipinski definition) is 3. The number of ketones is 1. The van der Waals surface area contributed by atoms with E-state index in [1.54, 1.807) is 11.0 Å². The fourth-order valence-corrected chi connectivity index (χ4v) is 3.17. The summed E-state index contributed by atoms with van der Waals surface area (Å²) >= 11 is 16.7. The van der Waals surface area contributed by atoms with E-state index >= 15 is 0 Å². The largest absolute Gasteiger partial charge is 0.445 e. The molecule has 2 rings (SSSR count). The van der Waals surface area contributed by atoms with Gasteiger partial charge >= 0.3 is 6.09 Å². The molecule has 124 valence electrons. The van der Waals surface area contributed by atoms with Crippen molar-refractivity contribution >= 4 is 46.7 Å². The average molecular weight is 369 g/mol. The lowest BCUT2D eigenvalue weighted by atomic mass is 9.93. The molecule has 0 spiro atoms. The third kappa shape index (κ3) is 4.53. The molecule has 0 aromatic carbocycles. The van der Waals surface area contributed by atoms with E-state index in [0.29, 0.717) is 6.42 Å². The van der Waals surface area contributed by atoms with Crippen molar-refractivity contribution in [2.75, 3.05) is 6.61 Å². The molecule has 2 aliphatic rings. The van der Waals surface area contributed by atoms with Gasteiger partial charge in [0.05, 0.1) is 11.6 Å². The Hall–Kier alpha value is -0.450. The van der Waals surface area contributed by atoms with Crippen LogP contribution in [-0.4, -0.2) is 38.8 Å². The van der Waals surface area contributed by atoms with Crippen molar-refractivity contribution in [3.05, 3.63) is 11.6 Å². The summed E-state index contributed by atoms with van der Waals surface area (Å²) in [5.74, 6) is 0.204. The van der Waals surface area contributed by atoms with Crippen LogP contribution in [0.1, 0.15) is 46.0 Å². The Balaban J connectivity index is 1.84. The van der Waals surface area contributed by atoms with Crippen molar-refractivity contribution in [1.29, 1.82) is 0 Å². The first-order valence-electron chi connectivity index (χ1n) is 7.36. The Morgan fingerprint density at radius 2 is 2.09 bits per heavy atom. The van der Waals surface area contributed by atoms with Gasteiger partial charge < -0.3 is 4.74 Å². The van der Waals surface area contributed by atoms with Crippen molar-refractivity contribution in [1.82, 2.24) is 4.90 Å². The van der Waals surface area contributed by atoms with Crippen LogP contribution < -0.4 is 0 Å². The Morgan fingerprint density at radius 1 is 1.41 bits per heavy atom. The smallest absolute Gasteiger partial charge is 0.410 e. The zero-order chi connectivity index (χ0) is 16.5. The Bertz CT molecular complexity index is 497. The summed E-state index contributed by atoms with van der Waals surface area (Å²) in [7, 11) is 0. The maximum Gasteiger partial charge on any atom is 0.410 e. The molecule has 0 bridgehead atoms. The molecule has 1 unspecified atom stereocenters.